The van der Waals surface area contributed by atoms with Gasteiger partial charge in [-0.15, -0.1) is 9.05 Å². The Hall–Kier alpha value is 1.13. The number of rotatable bonds is 5. The van der Waals surface area contributed by atoms with Gasteiger partial charge < -0.3 is 11.5 Å². The van der Waals surface area contributed by atoms with E-state index < -0.39 is 8.25 Å². The molecule has 0 spiro atoms. The van der Waals surface area contributed by atoms with E-state index in [-0.39, 0.29) is 35.6 Å². The number of hydrogen-bond donors (Lipinski definition) is 2. The maximum absolute atomic E-state index is 10.4. The van der Waals surface area contributed by atoms with E-state index >= 15 is 0 Å². The summed E-state index contributed by atoms with van der Waals surface area (Å²) in [6.45, 7) is 2.81. The van der Waals surface area contributed by atoms with Crippen molar-refractivity contribution in [2.45, 2.75) is 38.5 Å². The minimum Gasteiger partial charge on any atom is -0.330 e. The molecule has 1 heterocycles. The third-order valence-corrected chi connectivity index (χ3v) is 2.88. The molecule has 5 nitrogen and oxygen atoms in total. The summed E-state index contributed by atoms with van der Waals surface area (Å²) in [6, 6.07) is 0. The molecular weight excluding hydrogens is 366 g/mol. The van der Waals surface area contributed by atoms with Crippen LogP contribution < -0.4 is 11.5 Å². The van der Waals surface area contributed by atoms with E-state index in [9.17, 15) is 4.57 Å². The SMILES string of the molecule is NCCCCCCN.O=[P+]1OCCCCO1.[La]. The molecule has 17 heavy (non-hydrogen) atoms. The number of unbranched alkanes of at least 4 members (excludes halogenated alkanes) is 3. The van der Waals surface area contributed by atoms with Gasteiger partial charge in [0, 0.05) is 40.2 Å². The van der Waals surface area contributed by atoms with Gasteiger partial charge in [0.2, 0.25) is 0 Å². The van der Waals surface area contributed by atoms with Crippen LogP contribution >= 0.6 is 8.25 Å². The first-order valence-electron chi connectivity index (χ1n) is 5.94. The topological polar surface area (TPSA) is 87.6 Å². The zero-order valence-electron chi connectivity index (χ0n) is 10.5. The van der Waals surface area contributed by atoms with Gasteiger partial charge >= 0.3 is 8.25 Å². The summed E-state index contributed by atoms with van der Waals surface area (Å²) < 4.78 is 19.8. The smallest absolute Gasteiger partial charge is 0.330 e. The van der Waals surface area contributed by atoms with Crippen molar-refractivity contribution in [3.63, 3.8) is 0 Å². The van der Waals surface area contributed by atoms with Crippen LogP contribution in [0.1, 0.15) is 38.5 Å². The van der Waals surface area contributed by atoms with Crippen molar-refractivity contribution < 1.29 is 49.2 Å². The second kappa shape index (κ2) is 17.1. The molecule has 0 bridgehead atoms. The molecule has 0 aromatic carbocycles. The van der Waals surface area contributed by atoms with Gasteiger partial charge in [-0.05, 0) is 38.8 Å². The van der Waals surface area contributed by atoms with Gasteiger partial charge in [-0.25, -0.2) is 0 Å². The van der Waals surface area contributed by atoms with Gasteiger partial charge in [-0.2, -0.15) is 0 Å². The molecule has 1 saturated heterocycles. The van der Waals surface area contributed by atoms with Crippen molar-refractivity contribution in [2.24, 2.45) is 11.5 Å². The molecule has 0 amide bonds. The molecule has 1 aliphatic rings. The van der Waals surface area contributed by atoms with E-state index in [2.05, 4.69) is 9.05 Å². The predicted molar refractivity (Wildman–Crippen MR) is 65.3 cm³/mol. The van der Waals surface area contributed by atoms with Crippen LogP contribution in [0.2, 0.25) is 0 Å². The molecule has 99 valence electrons. The monoisotopic (exact) mass is 390 g/mol. The Labute approximate surface area is 133 Å². The van der Waals surface area contributed by atoms with Crippen LogP contribution in [0, 0.1) is 35.6 Å². The molecule has 0 aromatic heterocycles. The molecule has 0 aromatic rings. The maximum atomic E-state index is 10.4. The Morgan fingerprint density at radius 2 is 1.29 bits per heavy atom. The number of nitrogens with two attached hydrogens (primary N) is 2. The first-order chi connectivity index (χ1) is 7.81. The third-order valence-electron chi connectivity index (χ3n) is 2.09. The maximum Gasteiger partial charge on any atom is 0.697 e. The second-order valence-corrected chi connectivity index (χ2v) is 4.55. The molecule has 1 fully saturated rings. The molecule has 0 aliphatic carbocycles. The van der Waals surface area contributed by atoms with Crippen molar-refractivity contribution in [3.05, 3.63) is 0 Å². The Morgan fingerprint density at radius 1 is 0.882 bits per heavy atom. The average molecular weight is 390 g/mol. The fourth-order valence-corrected chi connectivity index (χ4v) is 1.79. The van der Waals surface area contributed by atoms with Crippen molar-refractivity contribution in [3.8, 4) is 0 Å². The van der Waals surface area contributed by atoms with E-state index in [1.54, 1.807) is 0 Å². The number of hydrogen-bond acceptors (Lipinski definition) is 5. The fraction of sp³-hybridized carbons (Fsp3) is 1.00. The predicted octanol–water partition coefficient (Wildman–Crippen LogP) is 1.93. The van der Waals surface area contributed by atoms with Gasteiger partial charge in [0.05, 0.1) is 0 Å². The first-order valence-corrected chi connectivity index (χ1v) is 7.04. The largest absolute Gasteiger partial charge is 0.697 e. The second-order valence-electron chi connectivity index (χ2n) is 3.59. The van der Waals surface area contributed by atoms with E-state index in [0.717, 1.165) is 38.8 Å². The summed E-state index contributed by atoms with van der Waals surface area (Å²) in [7, 11) is -1.77. The van der Waals surface area contributed by atoms with Gasteiger partial charge in [-0.3, -0.25) is 0 Å². The van der Waals surface area contributed by atoms with E-state index in [4.69, 9.17) is 11.5 Å². The fourth-order valence-electron chi connectivity index (χ4n) is 1.16. The third kappa shape index (κ3) is 17.1. The first kappa shape index (κ1) is 20.5. The van der Waals surface area contributed by atoms with Crippen molar-refractivity contribution >= 4 is 8.25 Å². The van der Waals surface area contributed by atoms with Crippen LogP contribution in [-0.4, -0.2) is 26.3 Å². The summed E-state index contributed by atoms with van der Waals surface area (Å²) >= 11 is 0. The van der Waals surface area contributed by atoms with Crippen LogP contribution in [0.25, 0.3) is 0 Å². The zero-order valence-corrected chi connectivity index (χ0v) is 15.0. The summed E-state index contributed by atoms with van der Waals surface area (Å²) in [6.07, 6.45) is 6.71. The normalized spacial score (nSPS) is 15.3. The van der Waals surface area contributed by atoms with Crippen molar-refractivity contribution in [1.82, 2.24) is 0 Å². The van der Waals surface area contributed by atoms with Gasteiger partial charge in [0.1, 0.15) is 13.2 Å². The Balaban J connectivity index is 0. The molecular formula is C10H24LaN2O3P+. The van der Waals surface area contributed by atoms with Crippen LogP contribution in [0.4, 0.5) is 0 Å². The summed E-state index contributed by atoms with van der Waals surface area (Å²) in [4.78, 5) is 0. The summed E-state index contributed by atoms with van der Waals surface area (Å²) in [5.41, 5.74) is 10.6. The van der Waals surface area contributed by atoms with E-state index in [1.807, 2.05) is 0 Å². The Bertz CT molecular complexity index is 160. The minimum absolute atomic E-state index is 0. The summed E-state index contributed by atoms with van der Waals surface area (Å²) in [5, 5.41) is 0. The average Bonchev–Trinajstić information content (AvgIpc) is 2.53. The minimum atomic E-state index is -1.77. The molecule has 4 N–H and O–H groups in total. The van der Waals surface area contributed by atoms with Gasteiger partial charge in [0.25, 0.3) is 0 Å². The van der Waals surface area contributed by atoms with E-state index in [0.29, 0.717) is 13.2 Å². The van der Waals surface area contributed by atoms with Crippen LogP contribution in [0.3, 0.4) is 0 Å². The standard InChI is InChI=1S/C6H16N2.C4H8O3P.La/c7-5-3-1-2-4-6-8;5-8-6-3-1-2-4-7-8;/h1-8H2;1-4H2;/q;+1;. The molecule has 0 saturated carbocycles. The molecule has 1 aliphatic heterocycles. The van der Waals surface area contributed by atoms with Crippen LogP contribution in [-0.2, 0) is 13.6 Å². The Kier molecular flexibility index (Phi) is 20.6. The summed E-state index contributed by atoms with van der Waals surface area (Å²) in [5.74, 6) is 0. The zero-order chi connectivity index (χ0) is 12.1. The molecule has 0 atom stereocenters. The van der Waals surface area contributed by atoms with Crippen molar-refractivity contribution in [2.75, 3.05) is 26.3 Å². The molecule has 1 rings (SSSR count). The molecule has 1 radical (unpaired) electrons. The van der Waals surface area contributed by atoms with Gasteiger partial charge in [-0.1, -0.05) is 12.8 Å². The van der Waals surface area contributed by atoms with E-state index in [1.165, 1.54) is 12.8 Å². The van der Waals surface area contributed by atoms with Crippen LogP contribution in [0.15, 0.2) is 0 Å². The quantitative estimate of drug-likeness (QED) is 0.554. The van der Waals surface area contributed by atoms with Gasteiger partial charge in [0.15, 0.2) is 0 Å². The molecule has 7 heteroatoms. The van der Waals surface area contributed by atoms with Crippen molar-refractivity contribution in [1.29, 1.82) is 0 Å². The Morgan fingerprint density at radius 3 is 1.65 bits per heavy atom. The van der Waals surface area contributed by atoms with Crippen LogP contribution in [0.5, 0.6) is 0 Å². The molecule has 0 unspecified atom stereocenters.